The number of aromatic nitrogens is 1. The Bertz CT molecular complexity index is 1200. The molecule has 32 heavy (non-hydrogen) atoms. The van der Waals surface area contributed by atoms with Crippen LogP contribution in [0.15, 0.2) is 48.5 Å². The molecule has 0 unspecified atom stereocenters. The summed E-state index contributed by atoms with van der Waals surface area (Å²) in [5.74, 6) is -1.78. The molecule has 1 aromatic heterocycles. The third kappa shape index (κ3) is 3.57. The van der Waals surface area contributed by atoms with Crippen molar-refractivity contribution >= 4 is 23.2 Å². The fourth-order valence-electron chi connectivity index (χ4n) is 4.16. The van der Waals surface area contributed by atoms with Gasteiger partial charge in [0, 0.05) is 24.3 Å². The Morgan fingerprint density at radius 2 is 1.69 bits per heavy atom. The number of hydrogen-bond donors (Lipinski definition) is 2. The van der Waals surface area contributed by atoms with Gasteiger partial charge in [-0.1, -0.05) is 6.07 Å². The van der Waals surface area contributed by atoms with Gasteiger partial charge in [0.15, 0.2) is 0 Å². The number of pyridine rings is 1. The minimum absolute atomic E-state index is 0.00413. The van der Waals surface area contributed by atoms with E-state index in [0.717, 1.165) is 25.9 Å². The molecule has 0 saturated carbocycles. The highest BCUT2D eigenvalue weighted by molar-refractivity contribution is 6.04. The molecule has 0 aliphatic carbocycles. The number of carbonyl (C=O) groups is 2. The van der Waals surface area contributed by atoms with Crippen LogP contribution in [-0.2, 0) is 6.54 Å². The first-order valence-corrected chi connectivity index (χ1v) is 10.4. The van der Waals surface area contributed by atoms with Gasteiger partial charge in [-0.05, 0) is 55.3 Å². The number of carbonyl (C=O) groups excluding carboxylic acids is 2. The zero-order chi connectivity index (χ0) is 22.2. The molecule has 2 aromatic carbocycles. The number of hydrogen-bond acceptors (Lipinski definition) is 4. The summed E-state index contributed by atoms with van der Waals surface area (Å²) >= 11 is 0. The van der Waals surface area contributed by atoms with Gasteiger partial charge in [0.05, 0.1) is 34.7 Å². The summed E-state index contributed by atoms with van der Waals surface area (Å²) in [6.45, 7) is 1.72. The molecular weight excluding hydrogens is 414 g/mol. The summed E-state index contributed by atoms with van der Waals surface area (Å²) in [6, 6.07) is 12.0. The fourth-order valence-corrected chi connectivity index (χ4v) is 4.16. The minimum Gasteiger partial charge on any atom is -0.355 e. The van der Waals surface area contributed by atoms with E-state index in [9.17, 15) is 18.4 Å². The van der Waals surface area contributed by atoms with Crippen molar-refractivity contribution in [3.63, 3.8) is 0 Å². The van der Waals surface area contributed by atoms with Crippen LogP contribution in [0.4, 0.5) is 20.2 Å². The number of likely N-dealkylation sites (tertiary alicyclic amines) is 1. The highest BCUT2D eigenvalue weighted by Crippen LogP contribution is 2.33. The lowest BCUT2D eigenvalue weighted by Gasteiger charge is -2.16. The SMILES string of the molecule is O=C1NCc2nc(-c3c(F)cccc3F)cc(Nc3ccc(C(=O)N4CCCC4)cc3)c21. The second-order valence-electron chi connectivity index (χ2n) is 7.86. The number of anilines is 2. The third-order valence-corrected chi connectivity index (χ3v) is 5.76. The molecule has 1 saturated heterocycles. The lowest BCUT2D eigenvalue weighted by Crippen LogP contribution is -2.27. The molecule has 0 atom stereocenters. The van der Waals surface area contributed by atoms with Gasteiger partial charge in [0.2, 0.25) is 0 Å². The number of benzene rings is 2. The maximum absolute atomic E-state index is 14.4. The zero-order valence-electron chi connectivity index (χ0n) is 17.1. The van der Waals surface area contributed by atoms with Gasteiger partial charge in [-0.15, -0.1) is 0 Å². The summed E-state index contributed by atoms with van der Waals surface area (Å²) in [5, 5.41) is 5.84. The summed E-state index contributed by atoms with van der Waals surface area (Å²) in [6.07, 6.45) is 2.04. The van der Waals surface area contributed by atoms with E-state index in [1.165, 1.54) is 24.3 Å². The standard InChI is InChI=1S/C24H20F2N4O2/c25-16-4-3-5-17(26)21(16)18-12-19(22-20(29-18)13-27-23(22)31)28-15-8-6-14(7-9-15)24(32)30-10-1-2-11-30/h3-9,12H,1-2,10-11,13H2,(H,27,31)(H,28,29). The molecule has 8 heteroatoms. The van der Waals surface area contributed by atoms with Crippen LogP contribution in [0.2, 0.25) is 0 Å². The second kappa shape index (κ2) is 8.03. The first-order chi connectivity index (χ1) is 15.5. The molecule has 3 aromatic rings. The van der Waals surface area contributed by atoms with Crippen molar-refractivity contribution in [1.29, 1.82) is 0 Å². The van der Waals surface area contributed by atoms with E-state index in [2.05, 4.69) is 15.6 Å². The predicted octanol–water partition coefficient (Wildman–Crippen LogP) is 4.25. The summed E-state index contributed by atoms with van der Waals surface area (Å²) in [5.41, 5.74) is 2.21. The Hall–Kier alpha value is -3.81. The van der Waals surface area contributed by atoms with Crippen molar-refractivity contribution in [2.45, 2.75) is 19.4 Å². The Morgan fingerprint density at radius 1 is 1.00 bits per heavy atom. The smallest absolute Gasteiger partial charge is 0.255 e. The maximum atomic E-state index is 14.4. The van der Waals surface area contributed by atoms with Crippen LogP contribution < -0.4 is 10.6 Å². The molecule has 3 heterocycles. The van der Waals surface area contributed by atoms with E-state index in [1.807, 2.05) is 4.90 Å². The Labute approximate surface area is 183 Å². The normalized spacial score (nSPS) is 14.9. The van der Waals surface area contributed by atoms with Crippen LogP contribution in [0.5, 0.6) is 0 Å². The van der Waals surface area contributed by atoms with Gasteiger partial charge in [-0.2, -0.15) is 0 Å². The number of amides is 2. The van der Waals surface area contributed by atoms with E-state index in [0.29, 0.717) is 28.2 Å². The first-order valence-electron chi connectivity index (χ1n) is 10.4. The van der Waals surface area contributed by atoms with E-state index in [-0.39, 0.29) is 29.6 Å². The van der Waals surface area contributed by atoms with Crippen LogP contribution in [0.25, 0.3) is 11.3 Å². The Morgan fingerprint density at radius 3 is 2.38 bits per heavy atom. The van der Waals surface area contributed by atoms with E-state index < -0.39 is 11.6 Å². The highest BCUT2D eigenvalue weighted by atomic mass is 19.1. The predicted molar refractivity (Wildman–Crippen MR) is 116 cm³/mol. The topological polar surface area (TPSA) is 74.3 Å². The van der Waals surface area contributed by atoms with Gasteiger partial charge in [0.1, 0.15) is 11.6 Å². The van der Waals surface area contributed by atoms with Gasteiger partial charge in [0.25, 0.3) is 11.8 Å². The number of rotatable bonds is 4. The number of halogens is 2. The van der Waals surface area contributed by atoms with E-state index in [1.54, 1.807) is 24.3 Å². The lowest BCUT2D eigenvalue weighted by atomic mass is 10.1. The van der Waals surface area contributed by atoms with Gasteiger partial charge < -0.3 is 15.5 Å². The van der Waals surface area contributed by atoms with Crippen molar-refractivity contribution in [3.05, 3.63) is 77.0 Å². The quantitative estimate of drug-likeness (QED) is 0.644. The number of nitrogens with zero attached hydrogens (tertiary/aromatic N) is 2. The van der Waals surface area contributed by atoms with Crippen LogP contribution in [0.3, 0.4) is 0 Å². The minimum atomic E-state index is -0.731. The monoisotopic (exact) mass is 434 g/mol. The van der Waals surface area contributed by atoms with Crippen LogP contribution in [-0.4, -0.2) is 34.8 Å². The fraction of sp³-hybridized carbons (Fsp3) is 0.208. The zero-order valence-corrected chi connectivity index (χ0v) is 17.1. The molecule has 0 radical (unpaired) electrons. The maximum Gasteiger partial charge on any atom is 0.255 e. The van der Waals surface area contributed by atoms with Crippen molar-refractivity contribution in [2.24, 2.45) is 0 Å². The molecule has 1 fully saturated rings. The molecular formula is C24H20F2N4O2. The molecule has 0 bridgehead atoms. The van der Waals surface area contributed by atoms with Gasteiger partial charge >= 0.3 is 0 Å². The summed E-state index contributed by atoms with van der Waals surface area (Å²) in [7, 11) is 0. The van der Waals surface area contributed by atoms with Crippen LogP contribution in [0, 0.1) is 11.6 Å². The van der Waals surface area contributed by atoms with Crippen molar-refractivity contribution in [2.75, 3.05) is 18.4 Å². The molecule has 0 spiro atoms. The van der Waals surface area contributed by atoms with Crippen molar-refractivity contribution < 1.29 is 18.4 Å². The van der Waals surface area contributed by atoms with Gasteiger partial charge in [-0.3, -0.25) is 9.59 Å². The highest BCUT2D eigenvalue weighted by Gasteiger charge is 2.27. The Balaban J connectivity index is 1.49. The molecule has 2 aliphatic rings. The molecule has 162 valence electrons. The van der Waals surface area contributed by atoms with Crippen LogP contribution >= 0.6 is 0 Å². The average Bonchev–Trinajstić information content (AvgIpc) is 3.44. The van der Waals surface area contributed by atoms with E-state index >= 15 is 0 Å². The van der Waals surface area contributed by atoms with Crippen molar-refractivity contribution in [3.8, 4) is 11.3 Å². The summed E-state index contributed by atoms with van der Waals surface area (Å²) < 4.78 is 28.7. The molecule has 6 nitrogen and oxygen atoms in total. The molecule has 2 aliphatic heterocycles. The first kappa shape index (κ1) is 20.1. The molecule has 5 rings (SSSR count). The second-order valence-corrected chi connectivity index (χ2v) is 7.86. The molecule has 2 amide bonds. The number of nitrogens with one attached hydrogen (secondary N) is 2. The van der Waals surface area contributed by atoms with Gasteiger partial charge in [-0.25, -0.2) is 13.8 Å². The number of fused-ring (bicyclic) bond motifs is 1. The molecule has 2 N–H and O–H groups in total. The Kier molecular flexibility index (Phi) is 5.05. The summed E-state index contributed by atoms with van der Waals surface area (Å²) in [4.78, 5) is 31.1. The lowest BCUT2D eigenvalue weighted by molar-refractivity contribution is 0.0792. The average molecular weight is 434 g/mol. The third-order valence-electron chi connectivity index (χ3n) is 5.76. The largest absolute Gasteiger partial charge is 0.355 e. The van der Waals surface area contributed by atoms with Crippen LogP contribution in [0.1, 0.15) is 39.3 Å². The van der Waals surface area contributed by atoms with E-state index in [4.69, 9.17) is 0 Å². The van der Waals surface area contributed by atoms with Crippen molar-refractivity contribution in [1.82, 2.24) is 15.2 Å².